The molecule has 0 saturated carbocycles. The standard InChI is InChI=1S/C15H25N3/c1-11-5-7-18(13(3)8-11)15-12(2)9-14(4-6-16)10-17-15/h9-11,13H,4-8,16H2,1-3H3. The molecule has 0 amide bonds. The van der Waals surface area contributed by atoms with E-state index in [1.165, 1.54) is 24.0 Å². The van der Waals surface area contributed by atoms with Crippen LogP contribution < -0.4 is 10.6 Å². The summed E-state index contributed by atoms with van der Waals surface area (Å²) in [5, 5.41) is 0. The Morgan fingerprint density at radius 2 is 2.22 bits per heavy atom. The first-order chi connectivity index (χ1) is 8.61. The van der Waals surface area contributed by atoms with E-state index in [0.717, 1.165) is 24.7 Å². The van der Waals surface area contributed by atoms with Crippen molar-refractivity contribution in [3.05, 3.63) is 23.4 Å². The van der Waals surface area contributed by atoms with Crippen LogP contribution in [0.4, 0.5) is 5.82 Å². The van der Waals surface area contributed by atoms with E-state index in [1.54, 1.807) is 0 Å². The SMILES string of the molecule is Cc1cc(CCN)cnc1N1CCC(C)CC1C. The van der Waals surface area contributed by atoms with E-state index in [0.29, 0.717) is 12.6 Å². The molecule has 2 atom stereocenters. The smallest absolute Gasteiger partial charge is 0.131 e. The molecule has 2 unspecified atom stereocenters. The summed E-state index contributed by atoms with van der Waals surface area (Å²) in [6.07, 6.45) is 5.45. The number of rotatable bonds is 3. The van der Waals surface area contributed by atoms with Crippen LogP contribution in [-0.2, 0) is 6.42 Å². The molecule has 3 heteroatoms. The first kappa shape index (κ1) is 13.3. The normalized spacial score (nSPS) is 24.3. The van der Waals surface area contributed by atoms with Gasteiger partial charge in [-0.2, -0.15) is 0 Å². The number of nitrogens with zero attached hydrogens (tertiary/aromatic N) is 2. The fourth-order valence-corrected chi connectivity index (χ4v) is 2.95. The Balaban J connectivity index is 2.17. The van der Waals surface area contributed by atoms with Crippen molar-refractivity contribution in [1.82, 2.24) is 4.98 Å². The average molecular weight is 247 g/mol. The van der Waals surface area contributed by atoms with Gasteiger partial charge in [0.2, 0.25) is 0 Å². The second-order valence-electron chi connectivity index (χ2n) is 5.69. The van der Waals surface area contributed by atoms with E-state index in [2.05, 4.69) is 36.7 Å². The maximum Gasteiger partial charge on any atom is 0.131 e. The maximum atomic E-state index is 5.59. The Morgan fingerprint density at radius 1 is 1.44 bits per heavy atom. The minimum absolute atomic E-state index is 0.598. The number of pyridine rings is 1. The van der Waals surface area contributed by atoms with E-state index >= 15 is 0 Å². The van der Waals surface area contributed by atoms with Crippen molar-refractivity contribution in [2.75, 3.05) is 18.0 Å². The van der Waals surface area contributed by atoms with Crippen molar-refractivity contribution in [2.45, 2.75) is 46.1 Å². The van der Waals surface area contributed by atoms with Crippen molar-refractivity contribution < 1.29 is 0 Å². The number of piperidine rings is 1. The van der Waals surface area contributed by atoms with Gasteiger partial charge in [0.1, 0.15) is 5.82 Å². The molecule has 1 aromatic heterocycles. The highest BCUT2D eigenvalue weighted by Crippen LogP contribution is 2.28. The number of anilines is 1. The summed E-state index contributed by atoms with van der Waals surface area (Å²) in [4.78, 5) is 7.13. The van der Waals surface area contributed by atoms with Gasteiger partial charge in [-0.05, 0) is 56.7 Å². The van der Waals surface area contributed by atoms with Crippen molar-refractivity contribution >= 4 is 5.82 Å². The first-order valence-electron chi connectivity index (χ1n) is 7.04. The van der Waals surface area contributed by atoms with Crippen molar-refractivity contribution in [3.8, 4) is 0 Å². The molecule has 3 nitrogen and oxygen atoms in total. The Kier molecular flexibility index (Phi) is 4.23. The van der Waals surface area contributed by atoms with Crippen LogP contribution in [0.1, 0.15) is 37.8 Å². The molecular formula is C15H25N3. The molecule has 1 aliphatic heterocycles. The van der Waals surface area contributed by atoms with Gasteiger partial charge >= 0.3 is 0 Å². The predicted molar refractivity (Wildman–Crippen MR) is 76.9 cm³/mol. The molecule has 0 aliphatic carbocycles. The number of hydrogen-bond donors (Lipinski definition) is 1. The molecule has 0 radical (unpaired) electrons. The molecule has 2 rings (SSSR count). The van der Waals surface area contributed by atoms with Gasteiger partial charge in [0.25, 0.3) is 0 Å². The highest BCUT2D eigenvalue weighted by atomic mass is 15.2. The molecule has 0 spiro atoms. The fraction of sp³-hybridized carbons (Fsp3) is 0.667. The number of nitrogens with two attached hydrogens (primary N) is 1. The van der Waals surface area contributed by atoms with Crippen LogP contribution in [0.5, 0.6) is 0 Å². The maximum absolute atomic E-state index is 5.59. The summed E-state index contributed by atoms with van der Waals surface area (Å²) in [5.74, 6) is 2.00. The lowest BCUT2D eigenvalue weighted by atomic mass is 9.93. The van der Waals surface area contributed by atoms with Gasteiger partial charge < -0.3 is 10.6 Å². The van der Waals surface area contributed by atoms with Crippen LogP contribution in [0.2, 0.25) is 0 Å². The summed E-state index contributed by atoms with van der Waals surface area (Å²) in [6.45, 7) is 8.64. The van der Waals surface area contributed by atoms with Gasteiger partial charge in [0, 0.05) is 18.8 Å². The van der Waals surface area contributed by atoms with Gasteiger partial charge in [0.15, 0.2) is 0 Å². The highest BCUT2D eigenvalue weighted by Gasteiger charge is 2.24. The van der Waals surface area contributed by atoms with E-state index in [1.807, 2.05) is 6.20 Å². The zero-order valence-corrected chi connectivity index (χ0v) is 11.8. The van der Waals surface area contributed by atoms with Crippen molar-refractivity contribution in [3.63, 3.8) is 0 Å². The Morgan fingerprint density at radius 3 is 2.83 bits per heavy atom. The van der Waals surface area contributed by atoms with Gasteiger partial charge in [0.05, 0.1) is 0 Å². The van der Waals surface area contributed by atoms with E-state index in [-0.39, 0.29) is 0 Å². The van der Waals surface area contributed by atoms with Crippen LogP contribution >= 0.6 is 0 Å². The second-order valence-corrected chi connectivity index (χ2v) is 5.69. The quantitative estimate of drug-likeness (QED) is 0.892. The average Bonchev–Trinajstić information content (AvgIpc) is 2.31. The zero-order valence-electron chi connectivity index (χ0n) is 11.8. The van der Waals surface area contributed by atoms with Crippen LogP contribution in [0.3, 0.4) is 0 Å². The molecule has 2 N–H and O–H groups in total. The number of aryl methyl sites for hydroxylation is 1. The van der Waals surface area contributed by atoms with E-state index in [4.69, 9.17) is 5.73 Å². The van der Waals surface area contributed by atoms with Gasteiger partial charge in [-0.1, -0.05) is 13.0 Å². The third-order valence-corrected chi connectivity index (χ3v) is 3.95. The molecular weight excluding hydrogens is 222 g/mol. The van der Waals surface area contributed by atoms with Crippen molar-refractivity contribution in [1.29, 1.82) is 0 Å². The molecule has 2 heterocycles. The third kappa shape index (κ3) is 2.83. The summed E-state index contributed by atoms with van der Waals surface area (Å²) in [5.41, 5.74) is 8.12. The number of aromatic nitrogens is 1. The van der Waals surface area contributed by atoms with Gasteiger partial charge in [-0.15, -0.1) is 0 Å². The zero-order chi connectivity index (χ0) is 13.1. The predicted octanol–water partition coefficient (Wildman–Crippen LogP) is 2.52. The van der Waals surface area contributed by atoms with E-state index < -0.39 is 0 Å². The minimum Gasteiger partial charge on any atom is -0.354 e. The highest BCUT2D eigenvalue weighted by molar-refractivity contribution is 5.48. The second kappa shape index (κ2) is 5.70. The molecule has 18 heavy (non-hydrogen) atoms. The molecule has 1 fully saturated rings. The Labute approximate surface area is 110 Å². The largest absolute Gasteiger partial charge is 0.354 e. The van der Waals surface area contributed by atoms with Gasteiger partial charge in [-0.25, -0.2) is 4.98 Å². The monoisotopic (exact) mass is 247 g/mol. The molecule has 0 aromatic carbocycles. The summed E-state index contributed by atoms with van der Waals surface area (Å²) in [7, 11) is 0. The molecule has 1 aliphatic rings. The Bertz CT molecular complexity index is 403. The summed E-state index contributed by atoms with van der Waals surface area (Å²) in [6, 6.07) is 2.83. The van der Waals surface area contributed by atoms with Crippen LogP contribution in [0, 0.1) is 12.8 Å². The van der Waals surface area contributed by atoms with Crippen LogP contribution in [0.15, 0.2) is 12.3 Å². The third-order valence-electron chi connectivity index (χ3n) is 3.95. The topological polar surface area (TPSA) is 42.1 Å². The lowest BCUT2D eigenvalue weighted by Gasteiger charge is -2.38. The lowest BCUT2D eigenvalue weighted by Crippen LogP contribution is -2.41. The minimum atomic E-state index is 0.598. The molecule has 1 saturated heterocycles. The van der Waals surface area contributed by atoms with Gasteiger partial charge in [-0.3, -0.25) is 0 Å². The summed E-state index contributed by atoms with van der Waals surface area (Å²) < 4.78 is 0. The van der Waals surface area contributed by atoms with E-state index in [9.17, 15) is 0 Å². The van der Waals surface area contributed by atoms with Crippen LogP contribution in [0.25, 0.3) is 0 Å². The molecule has 100 valence electrons. The molecule has 0 bridgehead atoms. The van der Waals surface area contributed by atoms with Crippen LogP contribution in [-0.4, -0.2) is 24.1 Å². The van der Waals surface area contributed by atoms with Crippen molar-refractivity contribution in [2.24, 2.45) is 11.7 Å². The Hall–Kier alpha value is -1.09. The fourth-order valence-electron chi connectivity index (χ4n) is 2.95. The number of hydrogen-bond acceptors (Lipinski definition) is 3. The lowest BCUT2D eigenvalue weighted by molar-refractivity contribution is 0.375. The molecule has 1 aromatic rings. The first-order valence-corrected chi connectivity index (χ1v) is 7.04. The summed E-state index contributed by atoms with van der Waals surface area (Å²) >= 11 is 0.